The lowest BCUT2D eigenvalue weighted by atomic mass is 9.34. The molecule has 3 fully saturated rings. The van der Waals surface area contributed by atoms with E-state index in [1.807, 2.05) is 13.8 Å². The molecule has 7 unspecified atom stereocenters. The average Bonchev–Trinajstić information content (AvgIpc) is 2.81. The van der Waals surface area contributed by atoms with Gasteiger partial charge in [-0.1, -0.05) is 45.4 Å². The first-order valence-electron chi connectivity index (χ1n) is 13.0. The molecule has 3 saturated carbocycles. The van der Waals surface area contributed by atoms with Gasteiger partial charge >= 0.3 is 5.97 Å². The molecule has 0 bridgehead atoms. The zero-order valence-electron chi connectivity index (χ0n) is 22.2. The van der Waals surface area contributed by atoms with E-state index in [1.54, 1.807) is 6.08 Å². The second kappa shape index (κ2) is 7.21. The molecule has 5 rings (SSSR count). The minimum atomic E-state index is -0.702. The first-order chi connectivity index (χ1) is 16.2. The highest BCUT2D eigenvalue weighted by atomic mass is 16.5. The number of hydrogen-bond donors (Lipinski definition) is 2. The second-order valence-corrected chi connectivity index (χ2v) is 13.2. The Hall–Kier alpha value is -2.14. The van der Waals surface area contributed by atoms with Crippen molar-refractivity contribution in [1.82, 2.24) is 0 Å². The van der Waals surface area contributed by atoms with Gasteiger partial charge in [0.2, 0.25) is 5.78 Å². The molecule has 0 spiro atoms. The quantitative estimate of drug-likeness (QED) is 0.467. The Morgan fingerprint density at radius 2 is 1.71 bits per heavy atom. The van der Waals surface area contributed by atoms with Crippen LogP contribution in [0.1, 0.15) is 80.1 Å². The van der Waals surface area contributed by atoms with E-state index < -0.39 is 11.5 Å². The Bertz CT molecular complexity index is 1160. The van der Waals surface area contributed by atoms with Crippen LogP contribution in [-0.4, -0.2) is 35.2 Å². The Kier molecular flexibility index (Phi) is 5.06. The van der Waals surface area contributed by atoms with E-state index in [9.17, 15) is 19.8 Å². The average molecular weight is 481 g/mol. The van der Waals surface area contributed by atoms with Crippen molar-refractivity contribution in [2.24, 2.45) is 33.0 Å². The lowest BCUT2D eigenvalue weighted by molar-refractivity contribution is -0.211. The van der Waals surface area contributed by atoms with Crippen molar-refractivity contribution in [1.29, 1.82) is 0 Å². The number of aliphatic hydroxyl groups excluding tert-OH is 2. The van der Waals surface area contributed by atoms with Gasteiger partial charge in [-0.05, 0) is 91.8 Å². The number of ketones is 1. The van der Waals surface area contributed by atoms with E-state index in [-0.39, 0.29) is 45.1 Å². The topological polar surface area (TPSA) is 83.8 Å². The van der Waals surface area contributed by atoms with Gasteiger partial charge in [-0.25, -0.2) is 0 Å². The van der Waals surface area contributed by atoms with E-state index in [1.165, 1.54) is 12.7 Å². The van der Waals surface area contributed by atoms with Crippen LogP contribution in [-0.2, 0) is 14.3 Å². The van der Waals surface area contributed by atoms with E-state index in [0.29, 0.717) is 18.4 Å². The van der Waals surface area contributed by atoms with Crippen LogP contribution in [0.15, 0.2) is 46.3 Å². The highest BCUT2D eigenvalue weighted by Crippen LogP contribution is 2.75. The molecule has 0 aliphatic heterocycles. The third-order valence-corrected chi connectivity index (χ3v) is 11.6. The molecule has 2 N–H and O–H groups in total. The monoisotopic (exact) mass is 480 g/mol. The minimum Gasteiger partial charge on any atom is -0.504 e. The van der Waals surface area contributed by atoms with Gasteiger partial charge in [-0.2, -0.15) is 0 Å². The zero-order valence-corrected chi connectivity index (χ0v) is 22.2. The Balaban J connectivity index is 1.65. The number of methoxy groups -OCH3 is 1. The summed E-state index contributed by atoms with van der Waals surface area (Å²) in [7, 11) is 1.44. The van der Waals surface area contributed by atoms with E-state index >= 15 is 0 Å². The first kappa shape index (κ1) is 24.5. The molecule has 0 saturated heterocycles. The van der Waals surface area contributed by atoms with Crippen LogP contribution < -0.4 is 0 Å². The molecular weight excluding hydrogens is 440 g/mol. The molecule has 0 radical (unpaired) electrons. The highest BCUT2D eigenvalue weighted by Gasteiger charge is 2.69. The fourth-order valence-corrected chi connectivity index (χ4v) is 8.98. The Morgan fingerprint density at radius 1 is 1.03 bits per heavy atom. The van der Waals surface area contributed by atoms with Crippen molar-refractivity contribution < 1.29 is 24.5 Å². The number of allylic oxidation sites excluding steroid dienone is 7. The normalized spacial score (nSPS) is 46.9. The Labute approximate surface area is 209 Å². The van der Waals surface area contributed by atoms with Crippen molar-refractivity contribution in [3.8, 4) is 0 Å². The molecular formula is C30H40O5. The predicted molar refractivity (Wildman–Crippen MR) is 134 cm³/mol. The standard InChI is InChI=1S/C30H40O5/c1-17-18-8-9-21-27(3,19(18)14-20(31)24(17)33)10-12-30(6)22-15-26(2,25(34)35-7)16-23(32)28(22,4)11-13-29(21,30)5/h8-9,14,22-23,32-33H,10-13,15-16H2,1-7H3. The van der Waals surface area contributed by atoms with Gasteiger partial charge in [0, 0.05) is 11.0 Å². The van der Waals surface area contributed by atoms with E-state index in [0.717, 1.165) is 36.8 Å². The number of esters is 1. The maximum absolute atomic E-state index is 12.9. The number of carbonyl (C=O) groups excluding carboxylic acids is 2. The van der Waals surface area contributed by atoms with Gasteiger partial charge < -0.3 is 14.9 Å². The van der Waals surface area contributed by atoms with Crippen molar-refractivity contribution >= 4 is 11.8 Å². The summed E-state index contributed by atoms with van der Waals surface area (Å²) in [5, 5.41) is 21.7. The van der Waals surface area contributed by atoms with Gasteiger partial charge in [-0.15, -0.1) is 0 Å². The largest absolute Gasteiger partial charge is 0.504 e. The van der Waals surface area contributed by atoms with Crippen molar-refractivity contribution in [3.05, 3.63) is 46.3 Å². The summed E-state index contributed by atoms with van der Waals surface area (Å²) in [4.78, 5) is 25.5. The SMILES string of the molecule is COC(=O)C1(C)CC(O)C2(C)CCC3(C)C4=CC=C5C(=CC(=O)C(O)=C5C)C4(C)CCC3(C)C2C1. The van der Waals surface area contributed by atoms with E-state index in [4.69, 9.17) is 4.74 Å². The molecule has 35 heavy (non-hydrogen) atoms. The molecule has 0 aromatic rings. The van der Waals surface area contributed by atoms with Gasteiger partial charge in [0.15, 0.2) is 5.76 Å². The van der Waals surface area contributed by atoms with Crippen LogP contribution in [0, 0.1) is 33.0 Å². The van der Waals surface area contributed by atoms with Gasteiger partial charge in [0.25, 0.3) is 0 Å². The van der Waals surface area contributed by atoms with Crippen LogP contribution >= 0.6 is 0 Å². The molecule has 0 heterocycles. The smallest absolute Gasteiger partial charge is 0.311 e. The molecule has 190 valence electrons. The summed E-state index contributed by atoms with van der Waals surface area (Å²) in [5.74, 6) is -0.535. The summed E-state index contributed by atoms with van der Waals surface area (Å²) in [6.45, 7) is 13.0. The van der Waals surface area contributed by atoms with Crippen LogP contribution in [0.4, 0.5) is 0 Å². The highest BCUT2D eigenvalue weighted by molar-refractivity contribution is 6.06. The molecule has 5 nitrogen and oxygen atoms in total. The molecule has 0 amide bonds. The van der Waals surface area contributed by atoms with Crippen LogP contribution in [0.2, 0.25) is 0 Å². The van der Waals surface area contributed by atoms with Gasteiger partial charge in [-0.3, -0.25) is 9.59 Å². The maximum Gasteiger partial charge on any atom is 0.311 e. The predicted octanol–water partition coefficient (Wildman–Crippen LogP) is 5.76. The first-order valence-corrected chi connectivity index (χ1v) is 13.0. The van der Waals surface area contributed by atoms with Crippen LogP contribution in [0.3, 0.4) is 0 Å². The molecule has 0 aromatic heterocycles. The summed E-state index contributed by atoms with van der Waals surface area (Å²) in [6, 6.07) is 0. The molecule has 5 heteroatoms. The summed E-state index contributed by atoms with van der Waals surface area (Å²) in [6.07, 6.45) is 10.2. The third kappa shape index (κ3) is 2.85. The number of ether oxygens (including phenoxy) is 1. The zero-order chi connectivity index (χ0) is 25.8. The summed E-state index contributed by atoms with van der Waals surface area (Å²) in [5.41, 5.74) is 2.47. The number of carbonyl (C=O) groups is 2. The Morgan fingerprint density at radius 3 is 2.37 bits per heavy atom. The summed E-state index contributed by atoms with van der Waals surface area (Å²) < 4.78 is 5.20. The minimum absolute atomic E-state index is 0.125. The fourth-order valence-electron chi connectivity index (χ4n) is 8.98. The van der Waals surface area contributed by atoms with Crippen LogP contribution in [0.5, 0.6) is 0 Å². The van der Waals surface area contributed by atoms with E-state index in [2.05, 4.69) is 39.8 Å². The number of fused-ring (bicyclic) bond motifs is 7. The van der Waals surface area contributed by atoms with Crippen LogP contribution in [0.25, 0.3) is 0 Å². The fraction of sp³-hybridized carbons (Fsp3) is 0.667. The third-order valence-electron chi connectivity index (χ3n) is 11.6. The molecule has 7 atom stereocenters. The lowest BCUT2D eigenvalue weighted by Gasteiger charge is -2.70. The second-order valence-electron chi connectivity index (χ2n) is 13.2. The van der Waals surface area contributed by atoms with Crippen molar-refractivity contribution in [2.75, 3.05) is 7.11 Å². The molecule has 0 aromatic carbocycles. The lowest BCUT2D eigenvalue weighted by Crippen LogP contribution is -2.65. The number of aliphatic hydroxyl groups is 2. The molecule has 5 aliphatic carbocycles. The number of rotatable bonds is 1. The summed E-state index contributed by atoms with van der Waals surface area (Å²) >= 11 is 0. The van der Waals surface area contributed by atoms with Gasteiger partial charge in [0.1, 0.15) is 0 Å². The van der Waals surface area contributed by atoms with Crippen molar-refractivity contribution in [3.63, 3.8) is 0 Å². The van der Waals surface area contributed by atoms with Gasteiger partial charge in [0.05, 0.1) is 18.6 Å². The maximum atomic E-state index is 12.9. The van der Waals surface area contributed by atoms with Crippen molar-refractivity contribution in [2.45, 2.75) is 86.2 Å². The number of hydrogen-bond acceptors (Lipinski definition) is 5. The molecule has 5 aliphatic rings.